The standard InChI is InChI=1S/C13H22N4O3/c1-5-17(6-2)8-7-14-9-10-11(18)15(3)13(20)16(4)12(10)19/h9-10H,5-8H2,1-4H3/p+1. The van der Waals surface area contributed by atoms with Crippen LogP contribution >= 0.6 is 0 Å². The van der Waals surface area contributed by atoms with Gasteiger partial charge in [-0.25, -0.2) is 4.79 Å². The Kier molecular flexibility index (Phi) is 5.82. The van der Waals surface area contributed by atoms with Crippen molar-refractivity contribution >= 4 is 24.1 Å². The number of carbonyl (C=O) groups is 3. The van der Waals surface area contributed by atoms with Crippen LogP contribution in [0.25, 0.3) is 0 Å². The molecule has 1 fully saturated rings. The Balaban J connectivity index is 2.64. The van der Waals surface area contributed by atoms with E-state index >= 15 is 0 Å². The summed E-state index contributed by atoms with van der Waals surface area (Å²) >= 11 is 0. The second kappa shape index (κ2) is 7.14. The summed E-state index contributed by atoms with van der Waals surface area (Å²) in [5.41, 5.74) is 0. The van der Waals surface area contributed by atoms with Gasteiger partial charge in [-0.1, -0.05) is 0 Å². The van der Waals surface area contributed by atoms with Crippen LogP contribution in [0, 0.1) is 5.92 Å². The second-order valence-electron chi connectivity index (χ2n) is 4.82. The maximum atomic E-state index is 11.9. The average Bonchev–Trinajstić information content (AvgIpc) is 2.46. The number of nitrogens with zero attached hydrogens (tertiary/aromatic N) is 3. The van der Waals surface area contributed by atoms with Gasteiger partial charge >= 0.3 is 6.03 Å². The second-order valence-corrected chi connectivity index (χ2v) is 4.82. The molecule has 0 atom stereocenters. The van der Waals surface area contributed by atoms with Gasteiger partial charge in [0.15, 0.2) is 5.92 Å². The summed E-state index contributed by atoms with van der Waals surface area (Å²) in [5, 5.41) is 0. The van der Waals surface area contributed by atoms with Crippen LogP contribution in [0.15, 0.2) is 4.99 Å². The van der Waals surface area contributed by atoms with Crippen LogP contribution in [0.1, 0.15) is 13.8 Å². The summed E-state index contributed by atoms with van der Waals surface area (Å²) < 4.78 is 0. The lowest BCUT2D eigenvalue weighted by Gasteiger charge is -2.31. The van der Waals surface area contributed by atoms with Gasteiger partial charge in [-0.15, -0.1) is 0 Å². The van der Waals surface area contributed by atoms with Crippen LogP contribution in [0.5, 0.6) is 0 Å². The van der Waals surface area contributed by atoms with Crippen LogP contribution in [0.4, 0.5) is 4.79 Å². The third-order valence-corrected chi connectivity index (χ3v) is 3.62. The maximum absolute atomic E-state index is 11.9. The van der Waals surface area contributed by atoms with Gasteiger partial charge < -0.3 is 4.90 Å². The topological polar surface area (TPSA) is 74.5 Å². The highest BCUT2D eigenvalue weighted by Crippen LogP contribution is 2.13. The molecule has 0 radical (unpaired) electrons. The first-order valence-electron chi connectivity index (χ1n) is 6.86. The Morgan fingerprint density at radius 3 is 2.05 bits per heavy atom. The van der Waals surface area contributed by atoms with Crippen molar-refractivity contribution in [2.24, 2.45) is 10.9 Å². The molecule has 1 saturated heterocycles. The van der Waals surface area contributed by atoms with Crippen molar-refractivity contribution in [1.82, 2.24) is 9.80 Å². The van der Waals surface area contributed by atoms with Gasteiger partial charge in [-0.3, -0.25) is 24.4 Å². The molecule has 4 amide bonds. The van der Waals surface area contributed by atoms with Crippen molar-refractivity contribution in [3.05, 3.63) is 0 Å². The third-order valence-electron chi connectivity index (χ3n) is 3.62. The van der Waals surface area contributed by atoms with Gasteiger partial charge in [-0.2, -0.15) is 0 Å². The molecular formula is C13H23N4O3+. The predicted octanol–water partition coefficient (Wildman–Crippen LogP) is -1.35. The molecule has 0 aliphatic carbocycles. The molecular weight excluding hydrogens is 260 g/mol. The van der Waals surface area contributed by atoms with E-state index in [1.54, 1.807) is 0 Å². The summed E-state index contributed by atoms with van der Waals surface area (Å²) in [5.74, 6) is -2.01. The van der Waals surface area contributed by atoms with Gasteiger partial charge in [0.05, 0.1) is 26.2 Å². The molecule has 0 aromatic rings. The molecule has 1 heterocycles. The van der Waals surface area contributed by atoms with E-state index in [-0.39, 0.29) is 0 Å². The van der Waals surface area contributed by atoms with Gasteiger partial charge in [0.2, 0.25) is 11.8 Å². The van der Waals surface area contributed by atoms with Gasteiger partial charge in [0, 0.05) is 20.3 Å². The lowest BCUT2D eigenvalue weighted by atomic mass is 10.1. The molecule has 0 bridgehead atoms. The zero-order valence-corrected chi connectivity index (χ0v) is 12.5. The SMILES string of the molecule is CC[NH+](CC)CCN=CC1C(=O)N(C)C(=O)N(C)C1=O. The Hall–Kier alpha value is -1.76. The molecule has 7 nitrogen and oxygen atoms in total. The number of quaternary nitrogens is 1. The van der Waals surface area contributed by atoms with Crippen molar-refractivity contribution in [3.63, 3.8) is 0 Å². The molecule has 0 saturated carbocycles. The van der Waals surface area contributed by atoms with Gasteiger partial charge in [0.25, 0.3) is 0 Å². The smallest absolute Gasteiger partial charge is 0.332 e. The van der Waals surface area contributed by atoms with E-state index in [9.17, 15) is 14.4 Å². The number of hydrogen-bond acceptors (Lipinski definition) is 4. The molecule has 0 unspecified atom stereocenters. The van der Waals surface area contributed by atoms with Crippen LogP contribution in [-0.2, 0) is 9.59 Å². The van der Waals surface area contributed by atoms with Crippen LogP contribution < -0.4 is 4.90 Å². The average molecular weight is 283 g/mol. The third kappa shape index (κ3) is 3.41. The number of aliphatic imine (C=N–C) groups is 1. The minimum atomic E-state index is -0.977. The van der Waals surface area contributed by atoms with Gasteiger partial charge in [0.1, 0.15) is 0 Å². The fourth-order valence-corrected chi connectivity index (χ4v) is 2.07. The fourth-order valence-electron chi connectivity index (χ4n) is 2.07. The van der Waals surface area contributed by atoms with E-state index in [1.807, 2.05) is 0 Å². The molecule has 1 aliphatic heterocycles. The highest BCUT2D eigenvalue weighted by Gasteiger charge is 2.41. The van der Waals surface area contributed by atoms with Crippen LogP contribution in [0.2, 0.25) is 0 Å². The number of barbiturate groups is 1. The molecule has 0 aromatic carbocycles. The van der Waals surface area contributed by atoms with E-state index in [4.69, 9.17) is 0 Å². The normalized spacial score (nSPS) is 17.9. The summed E-state index contributed by atoms with van der Waals surface area (Å²) in [6.45, 7) is 7.68. The molecule has 0 aromatic heterocycles. The quantitative estimate of drug-likeness (QED) is 0.484. The zero-order valence-electron chi connectivity index (χ0n) is 12.5. The zero-order chi connectivity index (χ0) is 15.3. The fraction of sp³-hybridized carbons (Fsp3) is 0.692. The van der Waals surface area contributed by atoms with E-state index < -0.39 is 23.8 Å². The number of rotatable bonds is 6. The summed E-state index contributed by atoms with van der Waals surface area (Å²) in [7, 11) is 2.74. The van der Waals surface area contributed by atoms with E-state index in [2.05, 4.69) is 18.8 Å². The van der Waals surface area contributed by atoms with Crippen molar-refractivity contribution in [1.29, 1.82) is 0 Å². The van der Waals surface area contributed by atoms with E-state index in [0.717, 1.165) is 29.4 Å². The molecule has 112 valence electrons. The molecule has 0 spiro atoms. The number of hydrogen-bond donors (Lipinski definition) is 1. The number of urea groups is 1. The summed E-state index contributed by atoms with van der Waals surface area (Å²) in [6, 6.07) is -0.600. The van der Waals surface area contributed by atoms with Crippen molar-refractivity contribution in [3.8, 4) is 0 Å². The predicted molar refractivity (Wildman–Crippen MR) is 74.7 cm³/mol. The minimum Gasteiger partial charge on any atom is -0.334 e. The molecule has 20 heavy (non-hydrogen) atoms. The summed E-state index contributed by atoms with van der Waals surface area (Å²) in [6.07, 6.45) is 1.37. The van der Waals surface area contributed by atoms with Crippen LogP contribution in [0.3, 0.4) is 0 Å². The number of carbonyl (C=O) groups excluding carboxylic acids is 3. The van der Waals surface area contributed by atoms with Crippen molar-refractivity contribution < 1.29 is 19.3 Å². The maximum Gasteiger partial charge on any atom is 0.332 e. The molecule has 1 N–H and O–H groups in total. The van der Waals surface area contributed by atoms with E-state index in [1.165, 1.54) is 25.2 Å². The first kappa shape index (κ1) is 16.3. The highest BCUT2D eigenvalue weighted by molar-refractivity contribution is 6.23. The molecule has 7 heteroatoms. The molecule has 1 rings (SSSR count). The van der Waals surface area contributed by atoms with Gasteiger partial charge in [-0.05, 0) is 13.8 Å². The Bertz CT molecular complexity index is 394. The minimum absolute atomic E-state index is 0.517. The first-order valence-corrected chi connectivity index (χ1v) is 6.86. The molecule has 1 aliphatic rings. The number of amides is 4. The Labute approximate surface area is 119 Å². The number of nitrogens with one attached hydrogen (secondary N) is 1. The number of imide groups is 2. The summed E-state index contributed by atoms with van der Waals surface area (Å²) in [4.78, 5) is 42.8. The first-order chi connectivity index (χ1) is 9.43. The largest absolute Gasteiger partial charge is 0.334 e. The number of likely N-dealkylation sites (N-methyl/N-ethyl adjacent to an activating group) is 1. The lowest BCUT2D eigenvalue weighted by molar-refractivity contribution is -0.894. The Morgan fingerprint density at radius 1 is 1.10 bits per heavy atom. The van der Waals surface area contributed by atoms with Crippen molar-refractivity contribution in [2.75, 3.05) is 40.3 Å². The van der Waals surface area contributed by atoms with Crippen molar-refractivity contribution in [2.45, 2.75) is 13.8 Å². The van der Waals surface area contributed by atoms with E-state index in [0.29, 0.717) is 6.54 Å². The Morgan fingerprint density at radius 2 is 1.60 bits per heavy atom. The van der Waals surface area contributed by atoms with Crippen LogP contribution in [-0.4, -0.2) is 74.1 Å². The lowest BCUT2D eigenvalue weighted by Crippen LogP contribution is -3.11. The monoisotopic (exact) mass is 283 g/mol. The highest BCUT2D eigenvalue weighted by atomic mass is 16.2.